The van der Waals surface area contributed by atoms with Gasteiger partial charge >= 0.3 is 0 Å². The normalized spacial score (nSPS) is 24.3. The largest absolute Gasteiger partial charge is 0.382 e. The van der Waals surface area contributed by atoms with Crippen LogP contribution in [0, 0.1) is 11.3 Å². The Kier molecular flexibility index (Phi) is 4.68. The van der Waals surface area contributed by atoms with Crippen LogP contribution < -0.4 is 5.32 Å². The van der Waals surface area contributed by atoms with Gasteiger partial charge in [0, 0.05) is 21.8 Å². The van der Waals surface area contributed by atoms with E-state index in [-0.39, 0.29) is 0 Å². The Bertz CT molecular complexity index is 409. The third-order valence-corrected chi connectivity index (χ3v) is 4.62. The van der Waals surface area contributed by atoms with E-state index < -0.39 is 0 Å². The Morgan fingerprint density at radius 1 is 0.947 bits per heavy atom. The molecule has 3 heteroatoms. The van der Waals surface area contributed by atoms with Gasteiger partial charge in [-0.15, -0.1) is 0 Å². The highest BCUT2D eigenvalue weighted by Crippen LogP contribution is 2.38. The minimum atomic E-state index is 0.435. The predicted octanol–water partition coefficient (Wildman–Crippen LogP) is 6.01. The molecule has 0 spiro atoms. The first-order chi connectivity index (χ1) is 8.84. The van der Waals surface area contributed by atoms with Crippen molar-refractivity contribution in [2.24, 2.45) is 11.3 Å². The van der Waals surface area contributed by atoms with Gasteiger partial charge in [0.05, 0.1) is 0 Å². The number of nitrogens with one attached hydrogen (secondary N) is 1. The van der Waals surface area contributed by atoms with E-state index in [1.165, 1.54) is 25.7 Å². The number of anilines is 1. The van der Waals surface area contributed by atoms with E-state index in [9.17, 15) is 0 Å². The summed E-state index contributed by atoms with van der Waals surface area (Å²) in [6.07, 6.45) is 5.06. The molecule has 0 aromatic heterocycles. The van der Waals surface area contributed by atoms with Gasteiger partial charge in [-0.1, -0.05) is 44.0 Å². The molecule has 0 aliphatic heterocycles. The lowest BCUT2D eigenvalue weighted by Gasteiger charge is -2.37. The van der Waals surface area contributed by atoms with Crippen LogP contribution in [0.2, 0.25) is 10.0 Å². The summed E-state index contributed by atoms with van der Waals surface area (Å²) in [4.78, 5) is 0. The van der Waals surface area contributed by atoms with Crippen LogP contribution in [-0.2, 0) is 0 Å². The zero-order chi connectivity index (χ0) is 14.0. The molecule has 0 bridgehead atoms. The summed E-state index contributed by atoms with van der Waals surface area (Å²) in [5.41, 5.74) is 1.47. The van der Waals surface area contributed by atoms with Crippen LogP contribution in [0.1, 0.15) is 46.5 Å². The summed E-state index contributed by atoms with van der Waals surface area (Å²) in [5, 5.41) is 4.95. The molecule has 0 heterocycles. The summed E-state index contributed by atoms with van der Waals surface area (Å²) >= 11 is 12.1. The van der Waals surface area contributed by atoms with E-state index in [1.807, 2.05) is 12.1 Å². The first-order valence-electron chi connectivity index (χ1n) is 7.07. The van der Waals surface area contributed by atoms with Crippen LogP contribution in [0.25, 0.3) is 0 Å². The van der Waals surface area contributed by atoms with Crippen molar-refractivity contribution in [3.8, 4) is 0 Å². The summed E-state index contributed by atoms with van der Waals surface area (Å²) in [6, 6.07) is 6.21. The summed E-state index contributed by atoms with van der Waals surface area (Å²) in [7, 11) is 0. The molecule has 1 saturated carbocycles. The van der Waals surface area contributed by atoms with Crippen LogP contribution in [0.4, 0.5) is 5.69 Å². The number of benzene rings is 1. The highest BCUT2D eigenvalue weighted by Gasteiger charge is 2.29. The molecule has 0 amide bonds. The van der Waals surface area contributed by atoms with Crippen molar-refractivity contribution >= 4 is 28.9 Å². The minimum absolute atomic E-state index is 0.435. The monoisotopic (exact) mass is 299 g/mol. The quantitative estimate of drug-likeness (QED) is 0.705. The molecule has 1 N–H and O–H groups in total. The molecule has 0 unspecified atom stereocenters. The van der Waals surface area contributed by atoms with E-state index >= 15 is 0 Å². The molecule has 2 rings (SSSR count). The molecule has 0 atom stereocenters. The Hall–Kier alpha value is -0.400. The molecule has 1 aliphatic carbocycles. The van der Waals surface area contributed by atoms with Crippen LogP contribution in [0.15, 0.2) is 18.2 Å². The zero-order valence-corrected chi connectivity index (χ0v) is 13.5. The lowest BCUT2D eigenvalue weighted by atomic mass is 9.71. The van der Waals surface area contributed by atoms with E-state index in [0.29, 0.717) is 21.5 Å². The van der Waals surface area contributed by atoms with Crippen molar-refractivity contribution in [1.82, 2.24) is 0 Å². The standard InChI is InChI=1S/C16H23Cl2N/c1-16(2,3)11-4-6-14(7-5-11)19-15-9-12(17)8-13(18)10-15/h8-11,14,19H,4-7H2,1-3H3. The average Bonchev–Trinajstić information content (AvgIpc) is 2.26. The molecule has 0 saturated heterocycles. The number of halogens is 2. The summed E-state index contributed by atoms with van der Waals surface area (Å²) < 4.78 is 0. The predicted molar refractivity (Wildman–Crippen MR) is 85.3 cm³/mol. The Morgan fingerprint density at radius 3 is 1.95 bits per heavy atom. The first-order valence-corrected chi connectivity index (χ1v) is 7.83. The second kappa shape index (κ2) is 5.93. The van der Waals surface area contributed by atoms with E-state index in [1.54, 1.807) is 6.07 Å². The van der Waals surface area contributed by atoms with Gasteiger partial charge in [0.2, 0.25) is 0 Å². The molecule has 1 aliphatic rings. The number of hydrogen-bond acceptors (Lipinski definition) is 1. The lowest BCUT2D eigenvalue weighted by molar-refractivity contribution is 0.173. The fourth-order valence-corrected chi connectivity index (χ4v) is 3.50. The summed E-state index contributed by atoms with van der Waals surface area (Å²) in [5.74, 6) is 0.841. The smallest absolute Gasteiger partial charge is 0.0441 e. The van der Waals surface area contributed by atoms with Gasteiger partial charge in [-0.2, -0.15) is 0 Å². The molecular weight excluding hydrogens is 277 g/mol. The number of hydrogen-bond donors (Lipinski definition) is 1. The van der Waals surface area contributed by atoms with Crippen molar-refractivity contribution in [1.29, 1.82) is 0 Å². The van der Waals surface area contributed by atoms with Crippen LogP contribution in [-0.4, -0.2) is 6.04 Å². The van der Waals surface area contributed by atoms with Gasteiger partial charge in [0.1, 0.15) is 0 Å². The second-order valence-electron chi connectivity index (χ2n) is 6.72. The molecule has 1 aromatic rings. The molecular formula is C16H23Cl2N. The van der Waals surface area contributed by atoms with Gasteiger partial charge in [-0.25, -0.2) is 0 Å². The van der Waals surface area contributed by atoms with Gasteiger partial charge in [0.15, 0.2) is 0 Å². The van der Waals surface area contributed by atoms with Gasteiger partial charge in [-0.05, 0) is 55.2 Å². The Balaban J connectivity index is 1.92. The van der Waals surface area contributed by atoms with Crippen molar-refractivity contribution < 1.29 is 0 Å². The van der Waals surface area contributed by atoms with E-state index in [4.69, 9.17) is 23.2 Å². The third-order valence-electron chi connectivity index (χ3n) is 4.19. The maximum absolute atomic E-state index is 6.03. The fourth-order valence-electron chi connectivity index (χ4n) is 2.98. The average molecular weight is 300 g/mol. The zero-order valence-electron chi connectivity index (χ0n) is 12.0. The van der Waals surface area contributed by atoms with Crippen molar-refractivity contribution in [2.75, 3.05) is 5.32 Å². The minimum Gasteiger partial charge on any atom is -0.382 e. The van der Waals surface area contributed by atoms with Crippen molar-refractivity contribution in [3.63, 3.8) is 0 Å². The first kappa shape index (κ1) is 15.0. The molecule has 1 nitrogen and oxygen atoms in total. The number of rotatable bonds is 2. The van der Waals surface area contributed by atoms with E-state index in [0.717, 1.165) is 11.6 Å². The SMILES string of the molecule is CC(C)(C)C1CCC(Nc2cc(Cl)cc(Cl)c2)CC1. The maximum Gasteiger partial charge on any atom is 0.0441 e. The topological polar surface area (TPSA) is 12.0 Å². The van der Waals surface area contributed by atoms with Crippen LogP contribution >= 0.6 is 23.2 Å². The highest BCUT2D eigenvalue weighted by molar-refractivity contribution is 6.35. The molecule has 106 valence electrons. The van der Waals surface area contributed by atoms with E-state index in [2.05, 4.69) is 26.1 Å². The Morgan fingerprint density at radius 2 is 1.47 bits per heavy atom. The fraction of sp³-hybridized carbons (Fsp3) is 0.625. The van der Waals surface area contributed by atoms with Gasteiger partial charge in [-0.3, -0.25) is 0 Å². The highest BCUT2D eigenvalue weighted by atomic mass is 35.5. The molecule has 1 aromatic carbocycles. The van der Waals surface area contributed by atoms with Crippen LogP contribution in [0.5, 0.6) is 0 Å². The molecule has 0 radical (unpaired) electrons. The molecule has 1 fully saturated rings. The second-order valence-corrected chi connectivity index (χ2v) is 7.59. The Labute approximate surface area is 126 Å². The van der Waals surface area contributed by atoms with Crippen molar-refractivity contribution in [2.45, 2.75) is 52.5 Å². The summed E-state index contributed by atoms with van der Waals surface area (Å²) in [6.45, 7) is 7.05. The van der Waals surface area contributed by atoms with Crippen molar-refractivity contribution in [3.05, 3.63) is 28.2 Å². The third kappa shape index (κ3) is 4.29. The van der Waals surface area contributed by atoms with Gasteiger partial charge in [0.25, 0.3) is 0 Å². The van der Waals surface area contributed by atoms with Crippen LogP contribution in [0.3, 0.4) is 0 Å². The maximum atomic E-state index is 6.03. The molecule has 19 heavy (non-hydrogen) atoms. The lowest BCUT2D eigenvalue weighted by Crippen LogP contribution is -2.31. The van der Waals surface area contributed by atoms with Gasteiger partial charge < -0.3 is 5.32 Å².